The highest BCUT2D eigenvalue weighted by Gasteiger charge is 2.26. The van der Waals surface area contributed by atoms with Gasteiger partial charge in [0.2, 0.25) is 5.91 Å². The fraction of sp³-hybridized carbons (Fsp3) is 0.381. The average Bonchev–Trinajstić information content (AvgIpc) is 2.72. The topological polar surface area (TPSA) is 73.6 Å². The van der Waals surface area contributed by atoms with E-state index in [2.05, 4.69) is 5.32 Å². The summed E-state index contributed by atoms with van der Waals surface area (Å²) in [4.78, 5) is 12.2. The maximum atomic E-state index is 12.2. The molecule has 0 aliphatic carbocycles. The summed E-state index contributed by atoms with van der Waals surface area (Å²) in [5.74, 6) is 0.918. The van der Waals surface area contributed by atoms with Crippen molar-refractivity contribution in [2.45, 2.75) is 32.0 Å². The second-order valence-corrected chi connectivity index (χ2v) is 6.61. The molecule has 5 nitrogen and oxygen atoms in total. The van der Waals surface area contributed by atoms with Gasteiger partial charge in [0.15, 0.2) is 0 Å². The number of rotatable bonds is 7. The molecule has 2 aromatic carbocycles. The molecule has 1 saturated heterocycles. The number of benzene rings is 2. The maximum absolute atomic E-state index is 12.2. The zero-order valence-electron chi connectivity index (χ0n) is 15.3. The molecule has 1 heterocycles. The molecule has 1 atom stereocenters. The van der Waals surface area contributed by atoms with Crippen molar-refractivity contribution in [3.8, 4) is 5.75 Å². The number of hydrogen-bond acceptors (Lipinski definition) is 4. The molecule has 6 heteroatoms. The van der Waals surface area contributed by atoms with Crippen molar-refractivity contribution < 1.29 is 14.3 Å². The minimum Gasteiger partial charge on any atom is -0.489 e. The van der Waals surface area contributed by atoms with Crippen molar-refractivity contribution in [1.82, 2.24) is 5.32 Å². The lowest BCUT2D eigenvalue weighted by molar-refractivity contribution is -0.124. The standard InChI is InChI=1S/C21H26N2O3.ClH/c22-20(18-10-12-25-13-11-18)21(24)23-14-16-6-8-19(9-7-16)26-15-17-4-2-1-3-5-17;/h1-9,18,20H,10-15,22H2,(H,23,24);1H. The summed E-state index contributed by atoms with van der Waals surface area (Å²) in [6.07, 6.45) is 1.70. The van der Waals surface area contributed by atoms with E-state index in [0.29, 0.717) is 26.4 Å². The van der Waals surface area contributed by atoms with Crippen LogP contribution in [0, 0.1) is 5.92 Å². The summed E-state index contributed by atoms with van der Waals surface area (Å²) >= 11 is 0. The Bertz CT molecular complexity index is 688. The number of halogens is 1. The molecular weight excluding hydrogens is 364 g/mol. The van der Waals surface area contributed by atoms with Crippen molar-refractivity contribution in [2.24, 2.45) is 11.7 Å². The van der Waals surface area contributed by atoms with Crippen LogP contribution in [-0.4, -0.2) is 25.2 Å². The maximum Gasteiger partial charge on any atom is 0.237 e. The second-order valence-electron chi connectivity index (χ2n) is 6.61. The predicted octanol–water partition coefficient (Wildman–Crippen LogP) is 3.06. The van der Waals surface area contributed by atoms with Crippen molar-refractivity contribution in [3.05, 3.63) is 65.7 Å². The summed E-state index contributed by atoms with van der Waals surface area (Å²) in [5.41, 5.74) is 8.24. The molecular formula is C21H27ClN2O3. The largest absolute Gasteiger partial charge is 0.489 e. The van der Waals surface area contributed by atoms with Gasteiger partial charge in [-0.05, 0) is 42.0 Å². The highest BCUT2D eigenvalue weighted by Crippen LogP contribution is 2.18. The number of carbonyl (C=O) groups excluding carboxylic acids is 1. The highest BCUT2D eigenvalue weighted by molar-refractivity contribution is 5.85. The van der Waals surface area contributed by atoms with Crippen LogP contribution in [0.15, 0.2) is 54.6 Å². The van der Waals surface area contributed by atoms with Crippen LogP contribution in [0.4, 0.5) is 0 Å². The van der Waals surface area contributed by atoms with Crippen LogP contribution in [0.2, 0.25) is 0 Å². The first-order valence-corrected chi connectivity index (χ1v) is 9.09. The third-order valence-corrected chi connectivity index (χ3v) is 4.71. The first-order valence-electron chi connectivity index (χ1n) is 9.09. The summed E-state index contributed by atoms with van der Waals surface area (Å²) in [7, 11) is 0. The SMILES string of the molecule is Cl.NC(C(=O)NCc1ccc(OCc2ccccc2)cc1)C1CCOCC1. The molecule has 1 aliphatic rings. The van der Waals surface area contributed by atoms with Crippen LogP contribution in [0.5, 0.6) is 5.75 Å². The van der Waals surface area contributed by atoms with Gasteiger partial charge < -0.3 is 20.5 Å². The Hall–Kier alpha value is -2.08. The number of nitrogens with two attached hydrogens (primary N) is 1. The molecule has 0 spiro atoms. The fourth-order valence-electron chi connectivity index (χ4n) is 3.04. The Balaban J connectivity index is 0.00000261. The van der Waals surface area contributed by atoms with E-state index in [1.54, 1.807) is 0 Å². The van der Waals surface area contributed by atoms with Crippen LogP contribution in [-0.2, 0) is 22.7 Å². The predicted molar refractivity (Wildman–Crippen MR) is 108 cm³/mol. The first-order chi connectivity index (χ1) is 12.7. The average molecular weight is 391 g/mol. The van der Waals surface area contributed by atoms with E-state index in [9.17, 15) is 4.79 Å². The van der Waals surface area contributed by atoms with Crippen LogP contribution in [0.25, 0.3) is 0 Å². The Labute approximate surface area is 166 Å². The monoisotopic (exact) mass is 390 g/mol. The molecule has 0 aromatic heterocycles. The van der Waals surface area contributed by atoms with Gasteiger partial charge in [-0.3, -0.25) is 4.79 Å². The molecule has 0 bridgehead atoms. The second kappa shape index (κ2) is 10.9. The Morgan fingerprint density at radius 1 is 1.07 bits per heavy atom. The number of nitrogens with one attached hydrogen (secondary N) is 1. The summed E-state index contributed by atoms with van der Waals surface area (Å²) in [6.45, 7) is 2.39. The fourth-order valence-corrected chi connectivity index (χ4v) is 3.04. The number of amides is 1. The minimum absolute atomic E-state index is 0. The quantitative estimate of drug-likeness (QED) is 0.762. The lowest BCUT2D eigenvalue weighted by Gasteiger charge is -2.26. The van der Waals surface area contributed by atoms with Gasteiger partial charge in [0.1, 0.15) is 12.4 Å². The lowest BCUT2D eigenvalue weighted by atomic mass is 9.92. The van der Waals surface area contributed by atoms with Crippen LogP contribution >= 0.6 is 12.4 Å². The van der Waals surface area contributed by atoms with Gasteiger partial charge in [0.05, 0.1) is 6.04 Å². The van der Waals surface area contributed by atoms with Crippen molar-refractivity contribution in [3.63, 3.8) is 0 Å². The summed E-state index contributed by atoms with van der Waals surface area (Å²) in [6, 6.07) is 17.3. The number of carbonyl (C=O) groups is 1. The van der Waals surface area contributed by atoms with Crippen LogP contribution in [0.3, 0.4) is 0 Å². The van der Waals surface area contributed by atoms with Gasteiger partial charge in [-0.1, -0.05) is 42.5 Å². The molecule has 0 radical (unpaired) electrons. The Kier molecular flexibility index (Phi) is 8.58. The molecule has 3 N–H and O–H groups in total. The third-order valence-electron chi connectivity index (χ3n) is 4.71. The first kappa shape index (κ1) is 21.2. The number of hydrogen-bond donors (Lipinski definition) is 2. The third kappa shape index (κ3) is 6.54. The minimum atomic E-state index is -0.465. The van der Waals surface area contributed by atoms with Crippen molar-refractivity contribution in [2.75, 3.05) is 13.2 Å². The summed E-state index contributed by atoms with van der Waals surface area (Å²) < 4.78 is 11.1. The molecule has 1 unspecified atom stereocenters. The van der Waals surface area contributed by atoms with Crippen molar-refractivity contribution >= 4 is 18.3 Å². The summed E-state index contributed by atoms with van der Waals surface area (Å²) in [5, 5.41) is 2.93. The van der Waals surface area contributed by atoms with E-state index in [4.69, 9.17) is 15.2 Å². The van der Waals surface area contributed by atoms with Crippen molar-refractivity contribution in [1.29, 1.82) is 0 Å². The smallest absolute Gasteiger partial charge is 0.237 e. The van der Waals surface area contributed by atoms with E-state index in [0.717, 1.165) is 29.7 Å². The molecule has 2 aromatic rings. The van der Waals surface area contributed by atoms with Gasteiger partial charge in [-0.15, -0.1) is 12.4 Å². The van der Waals surface area contributed by atoms with Gasteiger partial charge in [-0.2, -0.15) is 0 Å². The molecule has 0 saturated carbocycles. The normalized spacial score (nSPS) is 15.4. The van der Waals surface area contributed by atoms with Crippen LogP contribution in [0.1, 0.15) is 24.0 Å². The highest BCUT2D eigenvalue weighted by atomic mass is 35.5. The van der Waals surface area contributed by atoms with Gasteiger partial charge in [0.25, 0.3) is 0 Å². The van der Waals surface area contributed by atoms with E-state index in [1.807, 2.05) is 54.6 Å². The number of ether oxygens (including phenoxy) is 2. The van der Waals surface area contributed by atoms with Crippen LogP contribution < -0.4 is 15.8 Å². The van der Waals surface area contributed by atoms with Gasteiger partial charge in [0, 0.05) is 19.8 Å². The molecule has 146 valence electrons. The molecule has 27 heavy (non-hydrogen) atoms. The van der Waals surface area contributed by atoms with E-state index >= 15 is 0 Å². The van der Waals surface area contributed by atoms with Gasteiger partial charge >= 0.3 is 0 Å². The Morgan fingerprint density at radius 2 is 1.74 bits per heavy atom. The molecule has 1 amide bonds. The molecule has 1 aliphatic heterocycles. The lowest BCUT2D eigenvalue weighted by Crippen LogP contribution is -2.46. The molecule has 1 fully saturated rings. The van der Waals surface area contributed by atoms with E-state index in [-0.39, 0.29) is 24.2 Å². The van der Waals surface area contributed by atoms with Gasteiger partial charge in [-0.25, -0.2) is 0 Å². The van der Waals surface area contributed by atoms with E-state index in [1.165, 1.54) is 0 Å². The Morgan fingerprint density at radius 3 is 2.41 bits per heavy atom. The zero-order chi connectivity index (χ0) is 18.2. The van der Waals surface area contributed by atoms with E-state index < -0.39 is 6.04 Å². The molecule has 3 rings (SSSR count). The zero-order valence-corrected chi connectivity index (χ0v) is 16.1.